The number of amides is 1. The average Bonchev–Trinajstić information content (AvgIpc) is 3.13. The third-order valence-electron chi connectivity index (χ3n) is 5.48. The van der Waals surface area contributed by atoms with Crippen molar-refractivity contribution in [3.05, 3.63) is 82.9 Å². The lowest BCUT2D eigenvalue weighted by molar-refractivity contribution is -0.121. The summed E-state index contributed by atoms with van der Waals surface area (Å²) in [5.41, 5.74) is 4.85. The number of fused-ring (bicyclic) bond motifs is 1. The number of hydrogen-bond acceptors (Lipinski definition) is 2. The molecule has 3 aromatic rings. The van der Waals surface area contributed by atoms with Crippen molar-refractivity contribution in [2.45, 2.75) is 45.1 Å². The van der Waals surface area contributed by atoms with Crippen LogP contribution in [0.15, 0.2) is 54.7 Å². The highest BCUT2D eigenvalue weighted by Crippen LogP contribution is 2.31. The van der Waals surface area contributed by atoms with Crippen LogP contribution in [0.5, 0.6) is 0 Å². The molecule has 1 aliphatic carbocycles. The maximum absolute atomic E-state index is 14.2. The van der Waals surface area contributed by atoms with Crippen molar-refractivity contribution in [2.75, 3.05) is 0 Å². The normalized spacial score (nSPS) is 15.9. The fraction of sp³-hybridized carbons (Fsp3) is 0.304. The summed E-state index contributed by atoms with van der Waals surface area (Å²) in [5.74, 6) is -0.252. The van der Waals surface area contributed by atoms with Crippen LogP contribution >= 0.6 is 0 Å². The van der Waals surface area contributed by atoms with Gasteiger partial charge in [-0.25, -0.2) is 9.07 Å². The molecule has 1 atom stereocenters. The molecule has 144 valence electrons. The van der Waals surface area contributed by atoms with Crippen molar-refractivity contribution in [1.82, 2.24) is 15.1 Å². The molecule has 0 fully saturated rings. The molecule has 1 heterocycles. The van der Waals surface area contributed by atoms with Crippen molar-refractivity contribution in [3.8, 4) is 5.69 Å². The quantitative estimate of drug-likeness (QED) is 0.714. The first kappa shape index (κ1) is 18.4. The van der Waals surface area contributed by atoms with Crippen LogP contribution in [0, 0.1) is 12.7 Å². The highest BCUT2D eigenvalue weighted by atomic mass is 19.1. The number of aromatic nitrogens is 2. The van der Waals surface area contributed by atoms with Crippen LogP contribution in [0.2, 0.25) is 0 Å². The second-order valence-electron chi connectivity index (χ2n) is 7.35. The van der Waals surface area contributed by atoms with Crippen molar-refractivity contribution in [3.63, 3.8) is 0 Å². The molecule has 4 nitrogen and oxygen atoms in total. The zero-order valence-electron chi connectivity index (χ0n) is 16.0. The molecule has 1 aromatic heterocycles. The summed E-state index contributed by atoms with van der Waals surface area (Å²) in [5, 5.41) is 7.58. The number of benzene rings is 2. The zero-order valence-corrected chi connectivity index (χ0v) is 16.0. The summed E-state index contributed by atoms with van der Waals surface area (Å²) in [6.07, 6.45) is 5.61. The Bertz CT molecular complexity index is 995. The number of halogens is 1. The van der Waals surface area contributed by atoms with Crippen molar-refractivity contribution in [2.24, 2.45) is 0 Å². The van der Waals surface area contributed by atoms with Gasteiger partial charge in [-0.15, -0.1) is 0 Å². The lowest BCUT2D eigenvalue weighted by Crippen LogP contribution is -2.31. The zero-order chi connectivity index (χ0) is 19.5. The van der Waals surface area contributed by atoms with E-state index in [4.69, 9.17) is 0 Å². The maximum atomic E-state index is 14.2. The molecular weight excluding hydrogens is 353 g/mol. The van der Waals surface area contributed by atoms with Crippen molar-refractivity contribution < 1.29 is 9.18 Å². The number of carbonyl (C=O) groups excluding carboxylic acids is 1. The molecule has 28 heavy (non-hydrogen) atoms. The molecule has 2 aromatic carbocycles. The Morgan fingerprint density at radius 2 is 2.00 bits per heavy atom. The summed E-state index contributed by atoms with van der Waals surface area (Å²) >= 11 is 0. The van der Waals surface area contributed by atoms with Crippen LogP contribution < -0.4 is 5.32 Å². The van der Waals surface area contributed by atoms with E-state index in [1.54, 1.807) is 29.1 Å². The number of aryl methyl sites for hydroxylation is 2. The third-order valence-corrected chi connectivity index (χ3v) is 5.48. The minimum atomic E-state index is -0.294. The van der Waals surface area contributed by atoms with Gasteiger partial charge in [0.1, 0.15) is 11.5 Å². The van der Waals surface area contributed by atoms with Gasteiger partial charge < -0.3 is 5.32 Å². The molecule has 1 unspecified atom stereocenters. The van der Waals surface area contributed by atoms with Crippen LogP contribution in [0.25, 0.3) is 5.69 Å². The monoisotopic (exact) mass is 377 g/mol. The number of nitrogens with zero attached hydrogens (tertiary/aromatic N) is 2. The van der Waals surface area contributed by atoms with Crippen molar-refractivity contribution in [1.29, 1.82) is 0 Å². The van der Waals surface area contributed by atoms with E-state index < -0.39 is 0 Å². The van der Waals surface area contributed by atoms with E-state index >= 15 is 0 Å². The molecule has 1 aliphatic rings. The number of nitrogens with one attached hydrogen (secondary N) is 1. The van der Waals surface area contributed by atoms with Gasteiger partial charge in [0.15, 0.2) is 0 Å². The van der Waals surface area contributed by atoms with Crippen molar-refractivity contribution >= 4 is 5.91 Å². The number of carbonyl (C=O) groups is 1. The Morgan fingerprint density at radius 1 is 1.21 bits per heavy atom. The predicted molar refractivity (Wildman–Crippen MR) is 107 cm³/mol. The van der Waals surface area contributed by atoms with E-state index in [0.717, 1.165) is 36.9 Å². The van der Waals surface area contributed by atoms with Crippen LogP contribution in [-0.2, 0) is 17.6 Å². The standard InChI is InChI=1S/C23H24FN3O/c1-16-7-2-3-8-17(16)13-14-23(28)26-20-10-6-12-21-18(20)15-25-27(21)22-11-5-4-9-19(22)24/h2-5,7-9,11,15,20H,6,10,12-14H2,1H3,(H,26,28). The van der Waals surface area contributed by atoms with E-state index in [-0.39, 0.29) is 17.8 Å². The molecule has 0 saturated heterocycles. The molecule has 1 N–H and O–H groups in total. The average molecular weight is 377 g/mol. The van der Waals surface area contributed by atoms with Gasteiger partial charge in [0.2, 0.25) is 5.91 Å². The first-order valence-corrected chi connectivity index (χ1v) is 9.79. The lowest BCUT2D eigenvalue weighted by atomic mass is 9.92. The second-order valence-corrected chi connectivity index (χ2v) is 7.35. The van der Waals surface area contributed by atoms with Gasteiger partial charge in [-0.3, -0.25) is 4.79 Å². The topological polar surface area (TPSA) is 46.9 Å². The first-order valence-electron chi connectivity index (χ1n) is 9.79. The number of hydrogen-bond donors (Lipinski definition) is 1. The largest absolute Gasteiger partial charge is 0.349 e. The van der Waals surface area contributed by atoms with E-state index in [1.165, 1.54) is 17.2 Å². The van der Waals surface area contributed by atoms with Gasteiger partial charge in [-0.05, 0) is 55.9 Å². The van der Waals surface area contributed by atoms with E-state index in [0.29, 0.717) is 12.1 Å². The fourth-order valence-corrected chi connectivity index (χ4v) is 3.94. The molecule has 0 radical (unpaired) electrons. The summed E-state index contributed by atoms with van der Waals surface area (Å²) < 4.78 is 15.9. The second kappa shape index (κ2) is 7.97. The van der Waals surface area contributed by atoms with E-state index in [9.17, 15) is 9.18 Å². The predicted octanol–water partition coefficient (Wildman–Crippen LogP) is 4.45. The van der Waals surface area contributed by atoms with Crippen LogP contribution in [0.3, 0.4) is 0 Å². The highest BCUT2D eigenvalue weighted by molar-refractivity contribution is 5.76. The van der Waals surface area contributed by atoms with E-state index in [1.807, 2.05) is 12.1 Å². The fourth-order valence-electron chi connectivity index (χ4n) is 3.94. The Kier molecular flexibility index (Phi) is 5.24. The smallest absolute Gasteiger partial charge is 0.220 e. The molecule has 0 saturated carbocycles. The number of para-hydroxylation sites is 1. The van der Waals surface area contributed by atoms with Gasteiger partial charge >= 0.3 is 0 Å². The highest BCUT2D eigenvalue weighted by Gasteiger charge is 2.26. The van der Waals surface area contributed by atoms with Gasteiger partial charge in [0, 0.05) is 17.7 Å². The molecule has 0 bridgehead atoms. The summed E-state index contributed by atoms with van der Waals surface area (Å²) in [6.45, 7) is 2.07. The van der Waals surface area contributed by atoms with Crippen LogP contribution in [-0.4, -0.2) is 15.7 Å². The van der Waals surface area contributed by atoms with Gasteiger partial charge in [-0.1, -0.05) is 36.4 Å². The molecule has 5 heteroatoms. The molecule has 0 spiro atoms. The Balaban J connectivity index is 1.47. The molecule has 4 rings (SSSR count). The van der Waals surface area contributed by atoms with Gasteiger partial charge in [0.05, 0.1) is 12.2 Å². The SMILES string of the molecule is Cc1ccccc1CCC(=O)NC1CCCc2c1cnn2-c1ccccc1F. The minimum absolute atomic E-state index is 0.0414. The minimum Gasteiger partial charge on any atom is -0.349 e. The maximum Gasteiger partial charge on any atom is 0.220 e. The molecular formula is C23H24FN3O. The lowest BCUT2D eigenvalue weighted by Gasteiger charge is -2.24. The first-order chi connectivity index (χ1) is 13.6. The van der Waals surface area contributed by atoms with Crippen LogP contribution in [0.1, 0.15) is 47.7 Å². The Hall–Kier alpha value is -2.95. The Labute approximate surface area is 164 Å². The summed E-state index contributed by atoms with van der Waals surface area (Å²) in [7, 11) is 0. The van der Waals surface area contributed by atoms with Gasteiger partial charge in [0.25, 0.3) is 0 Å². The van der Waals surface area contributed by atoms with E-state index in [2.05, 4.69) is 29.5 Å². The molecule has 1 amide bonds. The Morgan fingerprint density at radius 3 is 2.82 bits per heavy atom. The third kappa shape index (κ3) is 3.70. The van der Waals surface area contributed by atoms with Crippen LogP contribution in [0.4, 0.5) is 4.39 Å². The molecule has 0 aliphatic heterocycles. The summed E-state index contributed by atoms with van der Waals surface area (Å²) in [4.78, 5) is 12.5. The number of rotatable bonds is 5. The van der Waals surface area contributed by atoms with Gasteiger partial charge in [-0.2, -0.15) is 5.10 Å². The summed E-state index contributed by atoms with van der Waals surface area (Å²) in [6, 6.07) is 14.7.